The minimum Gasteiger partial charge on any atom is -0.512 e. The first-order valence-corrected chi connectivity index (χ1v) is 6.02. The molecule has 3 N–H and O–H groups in total. The zero-order valence-electron chi connectivity index (χ0n) is 13.6. The number of carbonyl (C=O) groups excluding carboxylic acids is 3. The van der Waals surface area contributed by atoms with Gasteiger partial charge in [0.2, 0.25) is 0 Å². The molecule has 0 aromatic heterocycles. The van der Waals surface area contributed by atoms with Crippen molar-refractivity contribution >= 4 is 17.3 Å². The number of aliphatic hydroxyl groups excluding tert-OH is 3. The van der Waals surface area contributed by atoms with Crippen LogP contribution in [0.25, 0.3) is 0 Å². The zero-order valence-corrected chi connectivity index (χ0v) is 15.3. The van der Waals surface area contributed by atoms with E-state index < -0.39 is 0 Å². The van der Waals surface area contributed by atoms with E-state index in [1.54, 1.807) is 0 Å². The van der Waals surface area contributed by atoms with Crippen LogP contribution in [0.4, 0.5) is 0 Å². The summed E-state index contributed by atoms with van der Waals surface area (Å²) in [5, 5.41) is 25.1. The monoisotopic (exact) mass is 403 g/mol. The van der Waals surface area contributed by atoms with E-state index in [0.717, 1.165) is 0 Å². The predicted molar refractivity (Wildman–Crippen MR) is 81.2 cm³/mol. The summed E-state index contributed by atoms with van der Waals surface area (Å²) in [5.74, 6) is -0.187. The molecule has 0 heterocycles. The Labute approximate surface area is 144 Å². The van der Waals surface area contributed by atoms with E-state index in [4.69, 9.17) is 15.3 Å². The average molecular weight is 403 g/mol. The van der Waals surface area contributed by atoms with Crippen LogP contribution in [-0.2, 0) is 33.9 Å². The molecule has 0 bridgehead atoms. The van der Waals surface area contributed by atoms with Gasteiger partial charge in [-0.3, -0.25) is 14.4 Å². The van der Waals surface area contributed by atoms with Crippen LogP contribution in [0.3, 0.4) is 0 Å². The first kappa shape index (κ1) is 28.4. The minimum absolute atomic E-state index is 0. The summed E-state index contributed by atoms with van der Waals surface area (Å²) in [6, 6.07) is 0. The van der Waals surface area contributed by atoms with E-state index in [9.17, 15) is 14.4 Å². The summed E-state index contributed by atoms with van der Waals surface area (Å²) >= 11 is 0. The molecule has 0 atom stereocenters. The molecule has 0 saturated carbocycles. The fourth-order valence-electron chi connectivity index (χ4n) is 0.882. The van der Waals surface area contributed by atoms with Crippen molar-refractivity contribution in [3.05, 3.63) is 35.5 Å². The van der Waals surface area contributed by atoms with Crippen molar-refractivity contribution in [2.75, 3.05) is 0 Å². The van der Waals surface area contributed by atoms with Crippen LogP contribution in [0.5, 0.6) is 0 Å². The number of allylic oxidation sites excluding steroid dienone is 6. The van der Waals surface area contributed by atoms with Gasteiger partial charge in [0.15, 0.2) is 17.3 Å². The Morgan fingerprint density at radius 2 is 0.682 bits per heavy atom. The third kappa shape index (κ3) is 51.7. The molecule has 1 radical (unpaired) electrons. The van der Waals surface area contributed by atoms with Gasteiger partial charge in [-0.1, -0.05) is 0 Å². The van der Waals surface area contributed by atoms with Crippen LogP contribution in [0.1, 0.15) is 41.5 Å². The van der Waals surface area contributed by atoms with E-state index in [1.165, 1.54) is 59.8 Å². The number of aliphatic hydroxyl groups is 3. The molecule has 0 rings (SSSR count). The van der Waals surface area contributed by atoms with Crippen molar-refractivity contribution in [2.45, 2.75) is 41.5 Å². The third-order valence-electron chi connectivity index (χ3n) is 1.24. The molecule has 0 aliphatic heterocycles. The van der Waals surface area contributed by atoms with Crippen LogP contribution in [0.2, 0.25) is 0 Å². The van der Waals surface area contributed by atoms with Crippen LogP contribution in [-0.4, -0.2) is 32.7 Å². The number of carbonyl (C=O) groups is 3. The molecule has 0 fully saturated rings. The maximum absolute atomic E-state index is 10.0. The van der Waals surface area contributed by atoms with Crippen molar-refractivity contribution in [3.8, 4) is 0 Å². The first-order chi connectivity index (χ1) is 9.38. The number of ketones is 3. The first-order valence-electron chi connectivity index (χ1n) is 6.02. The summed E-state index contributed by atoms with van der Waals surface area (Å²) in [6.45, 7) is 8.54. The van der Waals surface area contributed by atoms with Gasteiger partial charge in [0.05, 0.1) is 17.3 Å². The number of rotatable bonds is 3. The Balaban J connectivity index is -0.000000108. The Kier molecular flexibility index (Phi) is 22.4. The molecule has 7 heteroatoms. The summed E-state index contributed by atoms with van der Waals surface area (Å²) < 4.78 is 0. The molecule has 129 valence electrons. The van der Waals surface area contributed by atoms with E-state index in [1.807, 2.05) is 0 Å². The van der Waals surface area contributed by atoms with Crippen LogP contribution in [0.15, 0.2) is 35.5 Å². The molecular formula is C15H24O6Rh. The second kappa shape index (κ2) is 17.3. The molecule has 0 aromatic rings. The van der Waals surface area contributed by atoms with E-state index in [-0.39, 0.29) is 54.1 Å². The maximum Gasteiger partial charge on any atom is 0.155 e. The second-order valence-electron chi connectivity index (χ2n) is 4.19. The summed E-state index contributed by atoms with van der Waals surface area (Å²) in [7, 11) is 0. The van der Waals surface area contributed by atoms with Crippen LogP contribution < -0.4 is 0 Å². The normalized spacial score (nSPS) is 10.9. The van der Waals surface area contributed by atoms with Gasteiger partial charge in [0.25, 0.3) is 0 Å². The van der Waals surface area contributed by atoms with E-state index >= 15 is 0 Å². The van der Waals surface area contributed by atoms with Crippen LogP contribution in [0, 0.1) is 0 Å². The van der Waals surface area contributed by atoms with Gasteiger partial charge in [-0.15, -0.1) is 0 Å². The Morgan fingerprint density at radius 3 is 0.682 bits per heavy atom. The minimum atomic E-state index is -0.125. The van der Waals surface area contributed by atoms with E-state index in [0.29, 0.717) is 0 Å². The van der Waals surface area contributed by atoms with Crippen molar-refractivity contribution in [2.24, 2.45) is 0 Å². The van der Waals surface area contributed by atoms with E-state index in [2.05, 4.69) is 0 Å². The maximum atomic E-state index is 10.0. The Hall–Kier alpha value is -1.75. The van der Waals surface area contributed by atoms with Gasteiger partial charge >= 0.3 is 0 Å². The SMILES string of the molecule is CC(=O)/C=C(/C)O.CC(=O)/C=C(/C)O.CC(=O)/C=C(/C)O.[Rh]. The summed E-state index contributed by atoms with van der Waals surface area (Å²) in [5.41, 5.74) is 0. The topological polar surface area (TPSA) is 112 Å². The number of hydrogen-bond acceptors (Lipinski definition) is 6. The zero-order chi connectivity index (χ0) is 17.6. The van der Waals surface area contributed by atoms with Gasteiger partial charge in [-0.05, 0) is 41.5 Å². The molecule has 6 nitrogen and oxygen atoms in total. The van der Waals surface area contributed by atoms with Gasteiger partial charge in [0.1, 0.15) is 0 Å². The average Bonchev–Trinajstić information content (AvgIpc) is 2.10. The molecule has 0 aliphatic rings. The quantitative estimate of drug-likeness (QED) is 0.379. The molecule has 0 spiro atoms. The molecule has 0 aromatic carbocycles. The smallest absolute Gasteiger partial charge is 0.155 e. The molecule has 0 unspecified atom stereocenters. The Bertz CT molecular complexity index is 368. The Morgan fingerprint density at radius 1 is 0.545 bits per heavy atom. The second-order valence-corrected chi connectivity index (χ2v) is 4.19. The largest absolute Gasteiger partial charge is 0.512 e. The summed E-state index contributed by atoms with van der Waals surface area (Å²) in [4.78, 5) is 30.1. The van der Waals surface area contributed by atoms with Gasteiger partial charge < -0.3 is 15.3 Å². The van der Waals surface area contributed by atoms with Crippen molar-refractivity contribution < 1.29 is 49.2 Å². The molecule has 22 heavy (non-hydrogen) atoms. The van der Waals surface area contributed by atoms with Gasteiger partial charge in [-0.25, -0.2) is 0 Å². The molecular weight excluding hydrogens is 379 g/mol. The van der Waals surface area contributed by atoms with Gasteiger partial charge in [-0.2, -0.15) is 0 Å². The standard InChI is InChI=1S/3C5H8O2.Rh/c3*1-4(6)3-5(2)7;/h3*3,6H,1-2H3;/b3*4-3-;. The fourth-order valence-corrected chi connectivity index (χ4v) is 0.882. The number of hydrogen-bond donors (Lipinski definition) is 3. The van der Waals surface area contributed by atoms with Gasteiger partial charge in [0, 0.05) is 37.7 Å². The fraction of sp³-hybridized carbons (Fsp3) is 0.400. The van der Waals surface area contributed by atoms with Crippen molar-refractivity contribution in [1.29, 1.82) is 0 Å². The van der Waals surface area contributed by atoms with Crippen LogP contribution >= 0.6 is 0 Å². The predicted octanol–water partition coefficient (Wildman–Crippen LogP) is 3.11. The molecule has 0 saturated heterocycles. The third-order valence-corrected chi connectivity index (χ3v) is 1.24. The molecule has 0 amide bonds. The van der Waals surface area contributed by atoms with Crippen molar-refractivity contribution in [1.82, 2.24) is 0 Å². The van der Waals surface area contributed by atoms with Crippen molar-refractivity contribution in [3.63, 3.8) is 0 Å². The summed E-state index contributed by atoms with van der Waals surface area (Å²) in [6.07, 6.45) is 3.50. The molecule has 0 aliphatic carbocycles.